The Kier molecular flexibility index (Phi) is 4.37. The first kappa shape index (κ1) is 15.2. The van der Waals surface area contributed by atoms with Gasteiger partial charge in [-0.05, 0) is 50.1 Å². The van der Waals surface area contributed by atoms with Crippen LogP contribution in [0.2, 0.25) is 0 Å². The molecule has 5 nitrogen and oxygen atoms in total. The standard InChI is InChI=1S/C18H20N4O/c1-3-21(13-9-15-7-10-19-11-8-15)18(23)17-16-6-4-5-12-22(16)14(2)20-17/h4-8,10-12H,3,9,13H2,1-2H3. The van der Waals surface area contributed by atoms with Gasteiger partial charge < -0.3 is 9.30 Å². The maximum atomic E-state index is 12.9. The van der Waals surface area contributed by atoms with E-state index in [1.165, 1.54) is 5.56 Å². The van der Waals surface area contributed by atoms with E-state index in [9.17, 15) is 4.79 Å². The second-order valence-corrected chi connectivity index (χ2v) is 5.45. The summed E-state index contributed by atoms with van der Waals surface area (Å²) in [6, 6.07) is 9.77. The predicted molar refractivity (Wildman–Crippen MR) is 89.4 cm³/mol. The number of hydrogen-bond acceptors (Lipinski definition) is 3. The van der Waals surface area contributed by atoms with Crippen LogP contribution in [0.5, 0.6) is 0 Å². The van der Waals surface area contributed by atoms with Crippen LogP contribution in [-0.2, 0) is 6.42 Å². The molecular formula is C18H20N4O. The Morgan fingerprint density at radius 1 is 1.22 bits per heavy atom. The molecule has 23 heavy (non-hydrogen) atoms. The zero-order valence-electron chi connectivity index (χ0n) is 13.4. The summed E-state index contributed by atoms with van der Waals surface area (Å²) in [5.74, 6) is 0.812. The van der Waals surface area contributed by atoms with Gasteiger partial charge in [0.2, 0.25) is 0 Å². The largest absolute Gasteiger partial charge is 0.337 e. The lowest BCUT2D eigenvalue weighted by Gasteiger charge is -2.20. The number of rotatable bonds is 5. The average Bonchev–Trinajstić information content (AvgIpc) is 2.93. The van der Waals surface area contributed by atoms with Crippen molar-refractivity contribution in [1.82, 2.24) is 19.3 Å². The number of fused-ring (bicyclic) bond motifs is 1. The third-order valence-corrected chi connectivity index (χ3v) is 4.02. The van der Waals surface area contributed by atoms with Crippen molar-refractivity contribution in [3.8, 4) is 0 Å². The number of carbonyl (C=O) groups is 1. The van der Waals surface area contributed by atoms with Gasteiger partial charge in [-0.25, -0.2) is 4.98 Å². The highest BCUT2D eigenvalue weighted by Crippen LogP contribution is 2.15. The molecule has 0 saturated carbocycles. The van der Waals surface area contributed by atoms with Crippen LogP contribution in [0.15, 0.2) is 48.9 Å². The molecule has 0 aromatic carbocycles. The highest BCUT2D eigenvalue weighted by molar-refractivity contribution is 5.99. The van der Waals surface area contributed by atoms with Gasteiger partial charge in [-0.15, -0.1) is 0 Å². The Morgan fingerprint density at radius 2 is 2.00 bits per heavy atom. The van der Waals surface area contributed by atoms with E-state index in [1.807, 2.05) is 59.7 Å². The van der Waals surface area contributed by atoms with E-state index < -0.39 is 0 Å². The second-order valence-electron chi connectivity index (χ2n) is 5.45. The van der Waals surface area contributed by atoms with Crippen LogP contribution >= 0.6 is 0 Å². The number of likely N-dealkylation sites (N-methyl/N-ethyl adjacent to an activating group) is 1. The highest BCUT2D eigenvalue weighted by Gasteiger charge is 2.20. The van der Waals surface area contributed by atoms with Crippen molar-refractivity contribution in [2.24, 2.45) is 0 Å². The fraction of sp³-hybridized carbons (Fsp3) is 0.278. The number of imidazole rings is 1. The Hall–Kier alpha value is -2.69. The van der Waals surface area contributed by atoms with Gasteiger partial charge in [0.1, 0.15) is 5.82 Å². The van der Waals surface area contributed by atoms with Gasteiger partial charge in [-0.2, -0.15) is 0 Å². The number of carbonyl (C=O) groups excluding carboxylic acids is 1. The molecule has 0 aliphatic rings. The van der Waals surface area contributed by atoms with Crippen LogP contribution in [0, 0.1) is 6.92 Å². The van der Waals surface area contributed by atoms with Gasteiger partial charge in [0.05, 0.1) is 5.52 Å². The average molecular weight is 308 g/mol. The molecule has 5 heteroatoms. The molecule has 0 aliphatic carbocycles. The Balaban J connectivity index is 1.81. The molecule has 0 saturated heterocycles. The molecule has 0 aliphatic heterocycles. The molecule has 3 rings (SSSR count). The normalized spacial score (nSPS) is 10.9. The van der Waals surface area contributed by atoms with Crippen molar-refractivity contribution in [2.75, 3.05) is 13.1 Å². The van der Waals surface area contributed by atoms with Crippen LogP contribution in [0.3, 0.4) is 0 Å². The molecule has 0 bridgehead atoms. The molecule has 0 atom stereocenters. The van der Waals surface area contributed by atoms with Gasteiger partial charge in [-0.3, -0.25) is 9.78 Å². The molecule has 0 spiro atoms. The Bertz CT molecular complexity index is 810. The first-order valence-electron chi connectivity index (χ1n) is 7.82. The molecule has 0 unspecified atom stereocenters. The molecule has 3 aromatic heterocycles. The van der Waals surface area contributed by atoms with Gasteiger partial charge >= 0.3 is 0 Å². The molecule has 3 aromatic rings. The van der Waals surface area contributed by atoms with E-state index >= 15 is 0 Å². The Morgan fingerprint density at radius 3 is 2.74 bits per heavy atom. The minimum Gasteiger partial charge on any atom is -0.337 e. The summed E-state index contributed by atoms with van der Waals surface area (Å²) in [7, 11) is 0. The Labute approximate surface area is 135 Å². The summed E-state index contributed by atoms with van der Waals surface area (Å²) < 4.78 is 1.95. The monoisotopic (exact) mass is 308 g/mol. The molecular weight excluding hydrogens is 288 g/mol. The number of aromatic nitrogens is 3. The fourth-order valence-electron chi connectivity index (χ4n) is 2.72. The summed E-state index contributed by atoms with van der Waals surface area (Å²) >= 11 is 0. The van der Waals surface area contributed by atoms with Crippen molar-refractivity contribution < 1.29 is 4.79 Å². The number of pyridine rings is 2. The number of aryl methyl sites for hydroxylation is 1. The predicted octanol–water partition coefficient (Wildman–Crippen LogP) is 2.74. The van der Waals surface area contributed by atoms with Crippen molar-refractivity contribution in [3.63, 3.8) is 0 Å². The maximum absolute atomic E-state index is 12.9. The van der Waals surface area contributed by atoms with E-state index in [-0.39, 0.29) is 5.91 Å². The number of hydrogen-bond donors (Lipinski definition) is 0. The van der Waals surface area contributed by atoms with Gasteiger partial charge in [0.25, 0.3) is 5.91 Å². The maximum Gasteiger partial charge on any atom is 0.274 e. The number of amides is 1. The quantitative estimate of drug-likeness (QED) is 0.728. The molecule has 0 radical (unpaired) electrons. The summed E-state index contributed by atoms with van der Waals surface area (Å²) in [4.78, 5) is 23.2. The van der Waals surface area contributed by atoms with E-state index in [0.717, 1.165) is 17.8 Å². The van der Waals surface area contributed by atoms with Crippen LogP contribution in [-0.4, -0.2) is 38.3 Å². The first-order valence-corrected chi connectivity index (χ1v) is 7.82. The van der Waals surface area contributed by atoms with Crippen molar-refractivity contribution >= 4 is 11.4 Å². The van der Waals surface area contributed by atoms with Crippen molar-refractivity contribution in [1.29, 1.82) is 0 Å². The summed E-state index contributed by atoms with van der Waals surface area (Å²) in [6.07, 6.45) is 6.30. The zero-order chi connectivity index (χ0) is 16.2. The van der Waals surface area contributed by atoms with Crippen LogP contribution in [0.25, 0.3) is 5.52 Å². The lowest BCUT2D eigenvalue weighted by Crippen LogP contribution is -2.33. The first-order chi connectivity index (χ1) is 11.2. The summed E-state index contributed by atoms with van der Waals surface area (Å²) in [5, 5.41) is 0. The van der Waals surface area contributed by atoms with Gasteiger partial charge in [-0.1, -0.05) is 6.07 Å². The fourth-order valence-corrected chi connectivity index (χ4v) is 2.72. The number of nitrogens with zero attached hydrogens (tertiary/aromatic N) is 4. The molecule has 1 amide bonds. The SMILES string of the molecule is CCN(CCc1ccncc1)C(=O)c1nc(C)n2ccccc12. The van der Waals surface area contributed by atoms with E-state index in [1.54, 1.807) is 12.4 Å². The summed E-state index contributed by atoms with van der Waals surface area (Å²) in [5.41, 5.74) is 2.56. The van der Waals surface area contributed by atoms with E-state index in [4.69, 9.17) is 0 Å². The minimum atomic E-state index is -0.0154. The van der Waals surface area contributed by atoms with Crippen LogP contribution in [0.1, 0.15) is 28.8 Å². The van der Waals surface area contributed by atoms with Crippen LogP contribution < -0.4 is 0 Å². The third kappa shape index (κ3) is 3.08. The second kappa shape index (κ2) is 6.60. The zero-order valence-corrected chi connectivity index (χ0v) is 13.4. The molecule has 3 heterocycles. The third-order valence-electron chi connectivity index (χ3n) is 4.02. The smallest absolute Gasteiger partial charge is 0.274 e. The van der Waals surface area contributed by atoms with Gasteiger partial charge in [0, 0.05) is 31.7 Å². The highest BCUT2D eigenvalue weighted by atomic mass is 16.2. The lowest BCUT2D eigenvalue weighted by molar-refractivity contribution is 0.0763. The van der Waals surface area contributed by atoms with Crippen molar-refractivity contribution in [3.05, 3.63) is 66.0 Å². The van der Waals surface area contributed by atoms with E-state index in [2.05, 4.69) is 9.97 Å². The van der Waals surface area contributed by atoms with Crippen molar-refractivity contribution in [2.45, 2.75) is 20.3 Å². The molecule has 0 fully saturated rings. The van der Waals surface area contributed by atoms with E-state index in [0.29, 0.717) is 18.8 Å². The summed E-state index contributed by atoms with van der Waals surface area (Å²) in [6.45, 7) is 5.24. The topological polar surface area (TPSA) is 50.5 Å². The molecule has 0 N–H and O–H groups in total. The minimum absolute atomic E-state index is 0.0154. The molecule has 118 valence electrons. The lowest BCUT2D eigenvalue weighted by atomic mass is 10.2. The van der Waals surface area contributed by atoms with Crippen LogP contribution in [0.4, 0.5) is 0 Å². The van der Waals surface area contributed by atoms with Gasteiger partial charge in [0.15, 0.2) is 5.69 Å².